The van der Waals surface area contributed by atoms with E-state index in [1.165, 1.54) is 16.2 Å². The van der Waals surface area contributed by atoms with E-state index in [4.69, 9.17) is 9.47 Å². The molecule has 10 heteroatoms. The highest BCUT2D eigenvalue weighted by Crippen LogP contribution is 2.38. The van der Waals surface area contributed by atoms with Gasteiger partial charge in [-0.15, -0.1) is 11.3 Å². The molecule has 1 aliphatic rings. The Kier molecular flexibility index (Phi) is 5.34. The van der Waals surface area contributed by atoms with E-state index in [1.807, 2.05) is 23.9 Å². The molecule has 3 aromatic heterocycles. The molecule has 0 bridgehead atoms. The topological polar surface area (TPSA) is 107 Å². The molecule has 1 aliphatic heterocycles. The number of ether oxygens (including phenoxy) is 2. The van der Waals surface area contributed by atoms with Crippen molar-refractivity contribution in [1.82, 2.24) is 19.4 Å². The van der Waals surface area contributed by atoms with E-state index in [2.05, 4.69) is 9.97 Å². The SMILES string of the molecule is Cn1ccnc1-c1cc2nccc(OC3CC(C(=O)O)N(C(=O)OC(C)(C)C)C3)c2s1. The molecule has 0 aromatic carbocycles. The number of fused-ring (bicyclic) bond motifs is 1. The predicted molar refractivity (Wildman–Crippen MR) is 115 cm³/mol. The number of rotatable bonds is 4. The molecule has 2 unspecified atom stereocenters. The van der Waals surface area contributed by atoms with Gasteiger partial charge in [0.05, 0.1) is 21.6 Å². The van der Waals surface area contributed by atoms with Gasteiger partial charge in [0.2, 0.25) is 0 Å². The van der Waals surface area contributed by atoms with Crippen LogP contribution in [-0.2, 0) is 16.6 Å². The second-order valence-corrected chi connectivity index (χ2v) is 9.51. The van der Waals surface area contributed by atoms with Crippen LogP contribution in [0, 0.1) is 0 Å². The number of carboxylic acids is 1. The molecule has 0 aliphatic carbocycles. The summed E-state index contributed by atoms with van der Waals surface area (Å²) in [7, 11) is 1.92. The average Bonchev–Trinajstić information content (AvgIpc) is 3.37. The Balaban J connectivity index is 1.57. The minimum atomic E-state index is -1.08. The molecule has 31 heavy (non-hydrogen) atoms. The molecule has 1 amide bonds. The van der Waals surface area contributed by atoms with Gasteiger partial charge in [-0.3, -0.25) is 9.88 Å². The smallest absolute Gasteiger partial charge is 0.411 e. The van der Waals surface area contributed by atoms with Crippen LogP contribution in [0.5, 0.6) is 5.75 Å². The summed E-state index contributed by atoms with van der Waals surface area (Å²) < 4.78 is 14.3. The third-order valence-electron chi connectivity index (χ3n) is 4.89. The summed E-state index contributed by atoms with van der Waals surface area (Å²) in [5.41, 5.74) is 0.0617. The zero-order valence-electron chi connectivity index (χ0n) is 17.7. The Morgan fingerprint density at radius 3 is 2.68 bits per heavy atom. The maximum Gasteiger partial charge on any atom is 0.411 e. The number of carbonyl (C=O) groups excluding carboxylic acids is 1. The molecule has 9 nitrogen and oxygen atoms in total. The first-order chi connectivity index (χ1) is 14.6. The summed E-state index contributed by atoms with van der Waals surface area (Å²) in [4.78, 5) is 35.2. The number of hydrogen-bond donors (Lipinski definition) is 1. The summed E-state index contributed by atoms with van der Waals surface area (Å²) in [6, 6.07) is 2.72. The van der Waals surface area contributed by atoms with E-state index in [9.17, 15) is 14.7 Å². The molecule has 2 atom stereocenters. The number of aryl methyl sites for hydroxylation is 1. The van der Waals surface area contributed by atoms with Gasteiger partial charge in [-0.2, -0.15) is 0 Å². The number of carboxylic acid groups (broad SMARTS) is 1. The third kappa shape index (κ3) is 4.34. The van der Waals surface area contributed by atoms with Gasteiger partial charge in [0.1, 0.15) is 29.3 Å². The fourth-order valence-corrected chi connectivity index (χ4v) is 4.65. The van der Waals surface area contributed by atoms with Gasteiger partial charge in [0.15, 0.2) is 0 Å². The zero-order valence-corrected chi connectivity index (χ0v) is 18.5. The Morgan fingerprint density at radius 2 is 2.03 bits per heavy atom. The normalized spacial score (nSPS) is 19.0. The second-order valence-electron chi connectivity index (χ2n) is 8.46. The summed E-state index contributed by atoms with van der Waals surface area (Å²) in [6.07, 6.45) is 4.32. The van der Waals surface area contributed by atoms with E-state index in [0.29, 0.717) is 5.75 Å². The van der Waals surface area contributed by atoms with E-state index in [1.54, 1.807) is 39.2 Å². The Labute approximate surface area is 183 Å². The highest BCUT2D eigenvalue weighted by molar-refractivity contribution is 7.22. The standard InChI is InChI=1S/C21H24N4O5S/c1-21(2,3)30-20(28)25-11-12(9-14(25)19(26)27)29-15-5-6-22-13-10-16(31-17(13)15)18-23-7-8-24(18)4/h5-8,10,12,14H,9,11H2,1-4H3,(H,26,27). The summed E-state index contributed by atoms with van der Waals surface area (Å²) in [5.74, 6) is 0.359. The van der Waals surface area contributed by atoms with E-state index >= 15 is 0 Å². The van der Waals surface area contributed by atoms with Gasteiger partial charge >= 0.3 is 12.1 Å². The lowest BCUT2D eigenvalue weighted by Crippen LogP contribution is -2.43. The van der Waals surface area contributed by atoms with Gasteiger partial charge in [-0.25, -0.2) is 14.6 Å². The van der Waals surface area contributed by atoms with Crippen molar-refractivity contribution >= 4 is 33.6 Å². The average molecular weight is 445 g/mol. The van der Waals surface area contributed by atoms with Crippen molar-refractivity contribution in [2.45, 2.75) is 44.9 Å². The van der Waals surface area contributed by atoms with Gasteiger partial charge in [0, 0.05) is 32.1 Å². The van der Waals surface area contributed by atoms with Gasteiger partial charge in [-0.1, -0.05) is 0 Å². The van der Waals surface area contributed by atoms with E-state index in [0.717, 1.165) is 20.9 Å². The van der Waals surface area contributed by atoms with Crippen molar-refractivity contribution < 1.29 is 24.2 Å². The molecular weight excluding hydrogens is 420 g/mol. The van der Waals surface area contributed by atoms with Crippen LogP contribution in [0.3, 0.4) is 0 Å². The number of aromatic nitrogens is 3. The Hall–Kier alpha value is -3.14. The lowest BCUT2D eigenvalue weighted by atomic mass is 10.2. The number of nitrogens with zero attached hydrogens (tertiary/aromatic N) is 4. The van der Waals surface area contributed by atoms with Gasteiger partial charge in [0.25, 0.3) is 0 Å². The lowest BCUT2D eigenvalue weighted by molar-refractivity contribution is -0.142. The number of aliphatic carboxylic acids is 1. The first-order valence-corrected chi connectivity index (χ1v) is 10.7. The minimum Gasteiger partial charge on any atom is -0.487 e. The Bertz CT molecular complexity index is 1130. The van der Waals surface area contributed by atoms with Crippen LogP contribution in [0.2, 0.25) is 0 Å². The Morgan fingerprint density at radius 1 is 1.26 bits per heavy atom. The molecular formula is C21H24N4O5S. The monoisotopic (exact) mass is 444 g/mol. The minimum absolute atomic E-state index is 0.132. The number of pyridine rings is 1. The quantitative estimate of drug-likeness (QED) is 0.656. The summed E-state index contributed by atoms with van der Waals surface area (Å²) >= 11 is 1.51. The first-order valence-electron chi connectivity index (χ1n) is 9.87. The fourth-order valence-electron chi connectivity index (χ4n) is 3.54. The number of likely N-dealkylation sites (tertiary alicyclic amines) is 1. The van der Waals surface area contributed by atoms with Crippen LogP contribution in [0.4, 0.5) is 4.79 Å². The van der Waals surface area contributed by atoms with Crippen molar-refractivity contribution in [1.29, 1.82) is 0 Å². The fraction of sp³-hybridized carbons (Fsp3) is 0.429. The summed E-state index contributed by atoms with van der Waals surface area (Å²) in [5, 5.41) is 9.60. The number of amides is 1. The van der Waals surface area contributed by atoms with Crippen LogP contribution >= 0.6 is 11.3 Å². The van der Waals surface area contributed by atoms with Crippen molar-refractivity contribution in [3.8, 4) is 16.5 Å². The molecule has 0 saturated carbocycles. The van der Waals surface area contributed by atoms with E-state index < -0.39 is 29.8 Å². The van der Waals surface area contributed by atoms with Crippen LogP contribution < -0.4 is 4.74 Å². The highest BCUT2D eigenvalue weighted by Gasteiger charge is 2.42. The third-order valence-corrected chi connectivity index (χ3v) is 6.02. The molecule has 0 radical (unpaired) electrons. The molecule has 4 heterocycles. The molecule has 4 rings (SSSR count). The van der Waals surface area contributed by atoms with Crippen molar-refractivity contribution in [2.24, 2.45) is 7.05 Å². The lowest BCUT2D eigenvalue weighted by Gasteiger charge is -2.26. The van der Waals surface area contributed by atoms with Crippen LogP contribution in [0.15, 0.2) is 30.7 Å². The molecule has 1 saturated heterocycles. The zero-order chi connectivity index (χ0) is 22.3. The number of thiophene rings is 1. The number of hydrogen-bond acceptors (Lipinski definition) is 7. The van der Waals surface area contributed by atoms with Gasteiger partial charge in [-0.05, 0) is 32.9 Å². The van der Waals surface area contributed by atoms with Crippen LogP contribution in [0.1, 0.15) is 27.2 Å². The highest BCUT2D eigenvalue weighted by atomic mass is 32.1. The molecule has 1 N–H and O–H groups in total. The number of imidazole rings is 1. The van der Waals surface area contributed by atoms with Crippen molar-refractivity contribution in [3.63, 3.8) is 0 Å². The molecule has 1 fully saturated rings. The maximum atomic E-state index is 12.5. The molecule has 3 aromatic rings. The second kappa shape index (κ2) is 7.84. The molecule has 0 spiro atoms. The molecule has 164 valence electrons. The largest absolute Gasteiger partial charge is 0.487 e. The maximum absolute atomic E-state index is 12.5. The van der Waals surface area contributed by atoms with Crippen molar-refractivity contribution in [3.05, 3.63) is 30.7 Å². The number of carbonyl (C=O) groups is 2. The summed E-state index contributed by atoms with van der Waals surface area (Å²) in [6.45, 7) is 5.37. The first kappa shape index (κ1) is 21.1. The van der Waals surface area contributed by atoms with Crippen LogP contribution in [-0.4, -0.2) is 60.9 Å². The van der Waals surface area contributed by atoms with Crippen LogP contribution in [0.25, 0.3) is 20.9 Å². The van der Waals surface area contributed by atoms with Crippen molar-refractivity contribution in [2.75, 3.05) is 6.54 Å². The predicted octanol–water partition coefficient (Wildman–Crippen LogP) is 3.54. The van der Waals surface area contributed by atoms with Gasteiger partial charge < -0.3 is 19.1 Å². The van der Waals surface area contributed by atoms with E-state index in [-0.39, 0.29) is 13.0 Å².